The normalized spacial score (nSPS) is 11.6. The lowest BCUT2D eigenvalue weighted by molar-refractivity contribution is -0.137. The number of H-pyrrole nitrogens is 1. The van der Waals surface area contributed by atoms with Gasteiger partial charge in [-0.25, -0.2) is 0 Å². The van der Waals surface area contributed by atoms with Crippen LogP contribution in [0.4, 0.5) is 18.9 Å². The first-order valence-corrected chi connectivity index (χ1v) is 9.45. The molecular weight excluding hydrogens is 389 g/mol. The van der Waals surface area contributed by atoms with Gasteiger partial charge in [-0.3, -0.25) is 4.79 Å². The van der Waals surface area contributed by atoms with Gasteiger partial charge in [0.1, 0.15) is 0 Å². The lowest BCUT2D eigenvalue weighted by Gasteiger charge is -2.09. The van der Waals surface area contributed by atoms with Gasteiger partial charge in [0.15, 0.2) is 0 Å². The van der Waals surface area contributed by atoms with Gasteiger partial charge in [-0.05, 0) is 66.9 Å². The van der Waals surface area contributed by atoms with Crippen molar-refractivity contribution in [3.8, 4) is 0 Å². The Labute approximate surface area is 171 Å². The van der Waals surface area contributed by atoms with Crippen molar-refractivity contribution < 1.29 is 18.0 Å². The van der Waals surface area contributed by atoms with E-state index in [9.17, 15) is 18.0 Å². The first kappa shape index (κ1) is 19.8. The average molecular weight is 408 g/mol. The van der Waals surface area contributed by atoms with Gasteiger partial charge in [-0.1, -0.05) is 30.3 Å². The van der Waals surface area contributed by atoms with Crippen LogP contribution in [0.5, 0.6) is 0 Å². The Morgan fingerprint density at radius 1 is 0.933 bits per heavy atom. The number of carbonyl (C=O) groups excluding carboxylic acids is 1. The maximum Gasteiger partial charge on any atom is 0.416 e. The molecule has 3 nitrogen and oxygen atoms in total. The number of aryl methyl sites for hydroxylation is 1. The number of aromatic nitrogens is 1. The molecule has 1 amide bonds. The Morgan fingerprint density at radius 3 is 2.27 bits per heavy atom. The fourth-order valence-corrected chi connectivity index (χ4v) is 3.49. The quantitative estimate of drug-likeness (QED) is 0.407. The van der Waals surface area contributed by atoms with E-state index < -0.39 is 17.6 Å². The van der Waals surface area contributed by atoms with Gasteiger partial charge in [0.25, 0.3) is 5.91 Å². The monoisotopic (exact) mass is 408 g/mol. The highest BCUT2D eigenvalue weighted by Gasteiger charge is 2.30. The number of benzene rings is 3. The van der Waals surface area contributed by atoms with Crippen LogP contribution in [-0.2, 0) is 12.6 Å². The largest absolute Gasteiger partial charge is 0.416 e. The summed E-state index contributed by atoms with van der Waals surface area (Å²) in [6.07, 6.45) is -3.67. The molecule has 4 rings (SSSR count). The van der Waals surface area contributed by atoms with Crippen molar-refractivity contribution in [1.82, 2.24) is 4.98 Å². The van der Waals surface area contributed by atoms with Crippen LogP contribution in [0.2, 0.25) is 0 Å². The van der Waals surface area contributed by atoms with Crippen LogP contribution >= 0.6 is 0 Å². The third-order valence-corrected chi connectivity index (χ3v) is 5.09. The first-order chi connectivity index (χ1) is 14.3. The SMILES string of the molecule is Cc1[nH]c2ccccc2c1Cc1ccc(NC(=O)c2ccc(C(F)(F)F)cc2)cc1. The van der Waals surface area contributed by atoms with Crippen LogP contribution in [0, 0.1) is 6.92 Å². The van der Waals surface area contributed by atoms with Crippen LogP contribution in [0.15, 0.2) is 72.8 Å². The van der Waals surface area contributed by atoms with Crippen LogP contribution < -0.4 is 5.32 Å². The molecule has 0 radical (unpaired) electrons. The Morgan fingerprint density at radius 2 is 1.60 bits per heavy atom. The minimum absolute atomic E-state index is 0.168. The molecule has 3 aromatic carbocycles. The van der Waals surface area contributed by atoms with Gasteiger partial charge in [-0.2, -0.15) is 13.2 Å². The molecule has 0 unspecified atom stereocenters. The summed E-state index contributed by atoms with van der Waals surface area (Å²) >= 11 is 0. The molecule has 0 atom stereocenters. The number of anilines is 1. The number of hydrogen-bond acceptors (Lipinski definition) is 1. The Kier molecular flexibility index (Phi) is 5.08. The molecule has 0 aliphatic rings. The van der Waals surface area contributed by atoms with Crippen molar-refractivity contribution in [2.75, 3.05) is 5.32 Å². The van der Waals surface area contributed by atoms with Gasteiger partial charge in [-0.15, -0.1) is 0 Å². The molecule has 0 saturated heterocycles. The standard InChI is InChI=1S/C24H19F3N2O/c1-15-21(20-4-2-3-5-22(20)28-15)14-16-6-12-19(13-7-16)29-23(30)17-8-10-18(11-9-17)24(25,26)27/h2-13,28H,14H2,1H3,(H,29,30). The highest BCUT2D eigenvalue weighted by Crippen LogP contribution is 2.29. The van der Waals surface area contributed by atoms with Crippen molar-refractivity contribution in [3.63, 3.8) is 0 Å². The molecule has 0 spiro atoms. The molecule has 30 heavy (non-hydrogen) atoms. The van der Waals surface area contributed by atoms with Crippen molar-refractivity contribution in [2.24, 2.45) is 0 Å². The fraction of sp³-hybridized carbons (Fsp3) is 0.125. The second kappa shape index (κ2) is 7.71. The van der Waals surface area contributed by atoms with E-state index in [1.54, 1.807) is 12.1 Å². The van der Waals surface area contributed by atoms with Crippen LogP contribution in [-0.4, -0.2) is 10.9 Å². The Hall–Kier alpha value is -3.54. The molecule has 1 heterocycles. The highest BCUT2D eigenvalue weighted by molar-refractivity contribution is 6.04. The first-order valence-electron chi connectivity index (χ1n) is 9.45. The summed E-state index contributed by atoms with van der Waals surface area (Å²) in [6.45, 7) is 2.05. The molecule has 0 bridgehead atoms. The zero-order valence-corrected chi connectivity index (χ0v) is 16.2. The number of para-hydroxylation sites is 1. The van der Waals surface area contributed by atoms with E-state index in [0.717, 1.165) is 35.3 Å². The number of aromatic amines is 1. The Bertz CT molecular complexity index is 1190. The second-order valence-corrected chi connectivity index (χ2v) is 7.18. The van der Waals surface area contributed by atoms with E-state index in [1.807, 2.05) is 37.3 Å². The van der Waals surface area contributed by atoms with Gasteiger partial charge in [0.05, 0.1) is 5.56 Å². The third-order valence-electron chi connectivity index (χ3n) is 5.09. The summed E-state index contributed by atoms with van der Waals surface area (Å²) in [6, 6.07) is 19.8. The summed E-state index contributed by atoms with van der Waals surface area (Å²) in [4.78, 5) is 15.7. The predicted octanol–water partition coefficient (Wildman–Crippen LogP) is 6.34. The molecular formula is C24H19F3N2O. The summed E-state index contributed by atoms with van der Waals surface area (Å²) in [5.74, 6) is -0.455. The topological polar surface area (TPSA) is 44.9 Å². The van der Waals surface area contributed by atoms with E-state index in [4.69, 9.17) is 0 Å². The maximum absolute atomic E-state index is 12.6. The van der Waals surface area contributed by atoms with Crippen molar-refractivity contribution in [3.05, 3.63) is 101 Å². The average Bonchev–Trinajstić information content (AvgIpc) is 3.04. The number of rotatable bonds is 4. The maximum atomic E-state index is 12.6. The smallest absolute Gasteiger partial charge is 0.358 e. The molecule has 0 aliphatic heterocycles. The molecule has 2 N–H and O–H groups in total. The lowest BCUT2D eigenvalue weighted by atomic mass is 10.0. The van der Waals surface area contributed by atoms with E-state index in [0.29, 0.717) is 5.69 Å². The third kappa shape index (κ3) is 4.08. The van der Waals surface area contributed by atoms with Gasteiger partial charge < -0.3 is 10.3 Å². The van der Waals surface area contributed by atoms with Gasteiger partial charge >= 0.3 is 6.18 Å². The molecule has 1 aromatic heterocycles. The second-order valence-electron chi connectivity index (χ2n) is 7.18. The number of halogens is 3. The fourth-order valence-electron chi connectivity index (χ4n) is 3.49. The molecule has 0 aliphatic carbocycles. The number of hydrogen-bond donors (Lipinski definition) is 2. The zero-order valence-electron chi connectivity index (χ0n) is 16.2. The number of fused-ring (bicyclic) bond motifs is 1. The van der Waals surface area contributed by atoms with E-state index >= 15 is 0 Å². The molecule has 0 saturated carbocycles. The summed E-state index contributed by atoms with van der Waals surface area (Å²) in [7, 11) is 0. The Balaban J connectivity index is 1.46. The lowest BCUT2D eigenvalue weighted by Crippen LogP contribution is -2.12. The van der Waals surface area contributed by atoms with E-state index in [2.05, 4.69) is 16.4 Å². The number of amides is 1. The highest BCUT2D eigenvalue weighted by atomic mass is 19.4. The molecule has 0 fully saturated rings. The van der Waals surface area contributed by atoms with E-state index in [1.165, 1.54) is 23.1 Å². The molecule has 6 heteroatoms. The minimum Gasteiger partial charge on any atom is -0.358 e. The van der Waals surface area contributed by atoms with Crippen molar-refractivity contribution in [2.45, 2.75) is 19.5 Å². The predicted molar refractivity (Wildman–Crippen MR) is 112 cm³/mol. The van der Waals surface area contributed by atoms with Crippen LogP contribution in [0.25, 0.3) is 10.9 Å². The van der Waals surface area contributed by atoms with Gasteiger partial charge in [0.2, 0.25) is 0 Å². The summed E-state index contributed by atoms with van der Waals surface area (Å²) in [5.41, 5.74) is 4.51. The van der Waals surface area contributed by atoms with Crippen molar-refractivity contribution >= 4 is 22.5 Å². The van der Waals surface area contributed by atoms with Crippen molar-refractivity contribution in [1.29, 1.82) is 0 Å². The number of nitrogens with one attached hydrogen (secondary N) is 2. The minimum atomic E-state index is -4.42. The number of alkyl halides is 3. The van der Waals surface area contributed by atoms with E-state index in [-0.39, 0.29) is 5.56 Å². The molecule has 152 valence electrons. The van der Waals surface area contributed by atoms with Crippen LogP contribution in [0.1, 0.15) is 32.7 Å². The van der Waals surface area contributed by atoms with Gasteiger partial charge in [0, 0.05) is 27.8 Å². The molecule has 4 aromatic rings. The number of carbonyl (C=O) groups is 1. The zero-order chi connectivity index (χ0) is 21.3. The summed E-state index contributed by atoms with van der Waals surface area (Å²) < 4.78 is 37.9. The van der Waals surface area contributed by atoms with Crippen LogP contribution in [0.3, 0.4) is 0 Å². The summed E-state index contributed by atoms with van der Waals surface area (Å²) in [5, 5.41) is 3.91.